The maximum absolute atomic E-state index is 13.0. The smallest absolute Gasteiger partial charge is 0.267 e. The van der Waals surface area contributed by atoms with Gasteiger partial charge in [-0.2, -0.15) is 5.10 Å². The monoisotopic (exact) mass is 446 g/mol. The maximum atomic E-state index is 13.0. The molecule has 1 aliphatic rings. The number of anilines is 2. The second-order valence-electron chi connectivity index (χ2n) is 8.09. The number of benzene rings is 2. The summed E-state index contributed by atoms with van der Waals surface area (Å²) >= 11 is 0. The van der Waals surface area contributed by atoms with Crippen molar-refractivity contribution in [1.29, 1.82) is 0 Å². The first-order valence-corrected chi connectivity index (χ1v) is 10.9. The van der Waals surface area contributed by atoms with Crippen LogP contribution in [0.4, 0.5) is 11.4 Å². The minimum absolute atomic E-state index is 0.1000. The molecule has 8 heteroatoms. The number of rotatable bonds is 6. The second-order valence-corrected chi connectivity index (χ2v) is 8.09. The number of nitrogens with zero attached hydrogens (tertiary/aromatic N) is 1. The van der Waals surface area contributed by atoms with Crippen molar-refractivity contribution < 1.29 is 14.3 Å². The fourth-order valence-electron chi connectivity index (χ4n) is 4.17. The Morgan fingerprint density at radius 1 is 1.06 bits per heavy atom. The van der Waals surface area contributed by atoms with Crippen molar-refractivity contribution >= 4 is 23.2 Å². The number of methoxy groups -OCH3 is 1. The Labute approximate surface area is 191 Å². The van der Waals surface area contributed by atoms with Gasteiger partial charge in [-0.1, -0.05) is 12.1 Å². The van der Waals surface area contributed by atoms with Crippen LogP contribution in [0.15, 0.2) is 47.3 Å². The molecule has 0 bridgehead atoms. The normalized spacial score (nSPS) is 12.5. The molecule has 0 spiro atoms. The number of aromatic amines is 1. The lowest BCUT2D eigenvalue weighted by Gasteiger charge is -2.17. The lowest BCUT2D eigenvalue weighted by atomic mass is 9.90. The van der Waals surface area contributed by atoms with Crippen LogP contribution in [-0.2, 0) is 24.1 Å². The molecular formula is C25H26N4O4. The Morgan fingerprint density at radius 3 is 2.61 bits per heavy atom. The quantitative estimate of drug-likeness (QED) is 0.537. The van der Waals surface area contributed by atoms with Gasteiger partial charge in [-0.3, -0.25) is 14.4 Å². The number of carbonyl (C=O) groups excluding carboxylic acids is 2. The highest BCUT2D eigenvalue weighted by atomic mass is 16.5. The summed E-state index contributed by atoms with van der Waals surface area (Å²) in [6, 6.07) is 12.4. The molecule has 1 aromatic heterocycles. The van der Waals surface area contributed by atoms with Crippen LogP contribution in [0.2, 0.25) is 0 Å². The molecule has 0 fully saturated rings. The van der Waals surface area contributed by atoms with Gasteiger partial charge in [0.15, 0.2) is 0 Å². The molecule has 3 N–H and O–H groups in total. The Bertz CT molecular complexity index is 1270. The van der Waals surface area contributed by atoms with Crippen molar-refractivity contribution in [3.63, 3.8) is 0 Å². The molecule has 4 rings (SSSR count). The first-order valence-electron chi connectivity index (χ1n) is 10.9. The topological polar surface area (TPSA) is 113 Å². The first-order chi connectivity index (χ1) is 15.9. The van der Waals surface area contributed by atoms with Gasteiger partial charge < -0.3 is 15.4 Å². The number of hydrogen-bond acceptors (Lipinski definition) is 5. The summed E-state index contributed by atoms with van der Waals surface area (Å²) in [5.41, 5.74) is 5.05. The van der Waals surface area contributed by atoms with Gasteiger partial charge in [0.1, 0.15) is 5.75 Å². The SMILES string of the molecule is COc1ccc(NC(C)=O)cc1NC(=O)c1cccc(Cc2n[nH]c(=O)c3c2CCCC3)c1. The summed E-state index contributed by atoms with van der Waals surface area (Å²) in [6.07, 6.45) is 4.23. The molecule has 8 nitrogen and oxygen atoms in total. The summed E-state index contributed by atoms with van der Waals surface area (Å²) in [5, 5.41) is 12.5. The molecular weight excluding hydrogens is 420 g/mol. The standard InChI is InChI=1S/C25H26N4O4/c1-15(30)26-18-10-11-23(33-2)22(14-18)27-24(31)17-7-5-6-16(12-17)13-21-19-8-3-4-9-20(19)25(32)29-28-21/h5-7,10-12,14H,3-4,8-9,13H2,1-2H3,(H,26,30)(H,27,31)(H,29,32). The van der Waals surface area contributed by atoms with Crippen molar-refractivity contribution in [3.8, 4) is 5.75 Å². The zero-order chi connectivity index (χ0) is 23.4. The Hall–Kier alpha value is -3.94. The molecule has 1 aliphatic carbocycles. The predicted octanol–water partition coefficient (Wildman–Crippen LogP) is 3.46. The lowest BCUT2D eigenvalue weighted by molar-refractivity contribution is -0.114. The highest BCUT2D eigenvalue weighted by Gasteiger charge is 2.18. The molecule has 0 saturated heterocycles. The van der Waals surface area contributed by atoms with Gasteiger partial charge in [-0.05, 0) is 67.1 Å². The fourth-order valence-corrected chi connectivity index (χ4v) is 4.17. The fraction of sp³-hybridized carbons (Fsp3) is 0.280. The third kappa shape index (κ3) is 5.11. The molecule has 0 radical (unpaired) electrons. The third-order valence-corrected chi connectivity index (χ3v) is 5.71. The van der Waals surface area contributed by atoms with E-state index in [-0.39, 0.29) is 17.4 Å². The van der Waals surface area contributed by atoms with Crippen molar-refractivity contribution in [2.24, 2.45) is 0 Å². The van der Waals surface area contributed by atoms with Crippen LogP contribution in [0.1, 0.15) is 52.5 Å². The molecule has 0 atom stereocenters. The summed E-state index contributed by atoms with van der Waals surface area (Å²) < 4.78 is 5.34. The van der Waals surface area contributed by atoms with Crippen LogP contribution in [0.3, 0.4) is 0 Å². The van der Waals surface area contributed by atoms with E-state index >= 15 is 0 Å². The Morgan fingerprint density at radius 2 is 1.85 bits per heavy atom. The average molecular weight is 447 g/mol. The minimum atomic E-state index is -0.299. The number of carbonyl (C=O) groups is 2. The van der Waals surface area contributed by atoms with Crippen LogP contribution >= 0.6 is 0 Å². The van der Waals surface area contributed by atoms with Crippen molar-refractivity contribution in [1.82, 2.24) is 10.2 Å². The Kier molecular flexibility index (Phi) is 6.53. The number of fused-ring (bicyclic) bond motifs is 1. The lowest BCUT2D eigenvalue weighted by Crippen LogP contribution is -2.23. The van der Waals surface area contributed by atoms with E-state index in [1.54, 1.807) is 24.3 Å². The van der Waals surface area contributed by atoms with E-state index in [9.17, 15) is 14.4 Å². The molecule has 0 unspecified atom stereocenters. The molecule has 0 aliphatic heterocycles. The summed E-state index contributed by atoms with van der Waals surface area (Å²) in [5.74, 6) is -0.0209. The molecule has 1 heterocycles. The summed E-state index contributed by atoms with van der Waals surface area (Å²) in [6.45, 7) is 1.42. The second kappa shape index (κ2) is 9.68. The van der Waals surface area contributed by atoms with Gasteiger partial charge in [0.05, 0.1) is 18.5 Å². The van der Waals surface area contributed by atoms with Crippen LogP contribution in [0.25, 0.3) is 0 Å². The first kappa shape index (κ1) is 22.3. The zero-order valence-corrected chi connectivity index (χ0v) is 18.7. The predicted molar refractivity (Wildman–Crippen MR) is 126 cm³/mol. The van der Waals surface area contributed by atoms with Crippen molar-refractivity contribution in [2.75, 3.05) is 17.7 Å². The van der Waals surface area contributed by atoms with Gasteiger partial charge in [0, 0.05) is 30.2 Å². The van der Waals surface area contributed by atoms with Crippen molar-refractivity contribution in [2.45, 2.75) is 39.0 Å². The summed E-state index contributed by atoms with van der Waals surface area (Å²) in [4.78, 5) is 36.5. The van der Waals surface area contributed by atoms with Crippen LogP contribution in [0.5, 0.6) is 5.75 Å². The molecule has 3 aromatic rings. The molecule has 2 aromatic carbocycles. The largest absolute Gasteiger partial charge is 0.495 e. The van der Waals surface area contributed by atoms with Crippen LogP contribution in [-0.4, -0.2) is 29.1 Å². The number of nitrogens with one attached hydrogen (secondary N) is 3. The minimum Gasteiger partial charge on any atom is -0.495 e. The van der Waals surface area contributed by atoms with Crippen LogP contribution in [0, 0.1) is 0 Å². The van der Waals surface area contributed by atoms with Gasteiger partial charge in [0.25, 0.3) is 11.5 Å². The van der Waals surface area contributed by atoms with E-state index in [2.05, 4.69) is 20.8 Å². The molecule has 2 amide bonds. The highest BCUT2D eigenvalue weighted by Crippen LogP contribution is 2.28. The number of aromatic nitrogens is 2. The summed E-state index contributed by atoms with van der Waals surface area (Å²) in [7, 11) is 1.52. The van der Waals surface area contributed by atoms with Crippen LogP contribution < -0.4 is 20.9 Å². The van der Waals surface area contributed by atoms with E-state index in [1.807, 2.05) is 18.2 Å². The zero-order valence-electron chi connectivity index (χ0n) is 18.7. The third-order valence-electron chi connectivity index (χ3n) is 5.71. The highest BCUT2D eigenvalue weighted by molar-refractivity contribution is 6.05. The maximum Gasteiger partial charge on any atom is 0.267 e. The van der Waals surface area contributed by atoms with E-state index in [1.165, 1.54) is 14.0 Å². The van der Waals surface area contributed by atoms with E-state index in [4.69, 9.17) is 4.74 Å². The Balaban J connectivity index is 1.56. The molecule has 0 saturated carbocycles. The van der Waals surface area contributed by atoms with Gasteiger partial charge in [0.2, 0.25) is 5.91 Å². The average Bonchev–Trinajstić information content (AvgIpc) is 2.81. The number of amides is 2. The van der Waals surface area contributed by atoms with Gasteiger partial charge >= 0.3 is 0 Å². The number of ether oxygens (including phenoxy) is 1. The van der Waals surface area contributed by atoms with E-state index in [0.717, 1.165) is 48.1 Å². The van der Waals surface area contributed by atoms with E-state index in [0.29, 0.717) is 29.1 Å². The van der Waals surface area contributed by atoms with Gasteiger partial charge in [-0.15, -0.1) is 0 Å². The molecule has 33 heavy (non-hydrogen) atoms. The molecule has 170 valence electrons. The number of hydrogen-bond donors (Lipinski definition) is 3. The van der Waals surface area contributed by atoms with Crippen molar-refractivity contribution in [3.05, 3.63) is 80.8 Å². The van der Waals surface area contributed by atoms with E-state index < -0.39 is 0 Å². The van der Waals surface area contributed by atoms with Gasteiger partial charge in [-0.25, -0.2) is 5.10 Å². The number of H-pyrrole nitrogens is 1.